The van der Waals surface area contributed by atoms with E-state index in [0.29, 0.717) is 25.6 Å². The van der Waals surface area contributed by atoms with Gasteiger partial charge in [0.25, 0.3) is 0 Å². The number of para-hydroxylation sites is 2. The number of amides is 1. The Balaban J connectivity index is 2.32. The van der Waals surface area contributed by atoms with Crippen LogP contribution in [0.3, 0.4) is 0 Å². The summed E-state index contributed by atoms with van der Waals surface area (Å²) in [5.74, 6) is 0.677. The van der Waals surface area contributed by atoms with Gasteiger partial charge in [-0.15, -0.1) is 0 Å². The molecule has 1 unspecified atom stereocenters. The zero-order chi connectivity index (χ0) is 16.1. The Bertz CT molecular complexity index is 632. The minimum absolute atomic E-state index is 0.0632. The number of aliphatic hydroxyl groups excluding tert-OH is 1. The van der Waals surface area contributed by atoms with E-state index in [-0.39, 0.29) is 12.5 Å². The zero-order valence-corrected chi connectivity index (χ0v) is 13.4. The number of fused-ring (bicyclic) bond motifs is 1. The molecule has 2 aromatic rings. The van der Waals surface area contributed by atoms with Gasteiger partial charge in [0.15, 0.2) is 0 Å². The molecule has 6 heteroatoms. The number of carbonyl (C=O) groups is 1. The fraction of sp³-hybridized carbons (Fsp3) is 0.500. The Kier molecular flexibility index (Phi) is 5.38. The number of likely N-dealkylation sites (N-methyl/N-ethyl adjacent to an activating group) is 1. The Labute approximate surface area is 130 Å². The van der Waals surface area contributed by atoms with Crippen LogP contribution in [0.2, 0.25) is 0 Å². The van der Waals surface area contributed by atoms with Gasteiger partial charge in [-0.1, -0.05) is 12.1 Å². The highest BCUT2D eigenvalue weighted by Crippen LogP contribution is 2.19. The molecule has 120 valence electrons. The van der Waals surface area contributed by atoms with Gasteiger partial charge in [0, 0.05) is 19.6 Å². The van der Waals surface area contributed by atoms with E-state index in [0.717, 1.165) is 11.0 Å². The molecule has 0 bridgehead atoms. The van der Waals surface area contributed by atoms with Crippen LogP contribution in [0.5, 0.6) is 0 Å². The number of nitrogens with zero attached hydrogens (tertiary/aromatic N) is 3. The lowest BCUT2D eigenvalue weighted by atomic mass is 10.3. The average Bonchev–Trinajstić information content (AvgIpc) is 2.84. The van der Waals surface area contributed by atoms with Crippen molar-refractivity contribution in [3.63, 3.8) is 0 Å². The SMILES string of the molecule is CCN(CC)C(=O)Cn1c(NCC(C)O)nc2ccccc21. The molecule has 0 aliphatic rings. The molecule has 0 aliphatic heterocycles. The number of benzene rings is 1. The van der Waals surface area contributed by atoms with E-state index in [1.165, 1.54) is 0 Å². The Hall–Kier alpha value is -2.08. The van der Waals surface area contributed by atoms with Crippen molar-refractivity contribution >= 4 is 22.9 Å². The van der Waals surface area contributed by atoms with Crippen LogP contribution in [-0.4, -0.2) is 51.2 Å². The van der Waals surface area contributed by atoms with Crippen LogP contribution in [0.1, 0.15) is 20.8 Å². The molecule has 22 heavy (non-hydrogen) atoms. The Morgan fingerprint density at radius 3 is 2.68 bits per heavy atom. The molecule has 1 aromatic heterocycles. The molecule has 0 spiro atoms. The molecule has 1 heterocycles. The third kappa shape index (κ3) is 3.57. The maximum absolute atomic E-state index is 12.4. The molecule has 1 atom stereocenters. The zero-order valence-electron chi connectivity index (χ0n) is 13.4. The fourth-order valence-electron chi connectivity index (χ4n) is 2.42. The third-order valence-corrected chi connectivity index (χ3v) is 3.62. The highest BCUT2D eigenvalue weighted by molar-refractivity contribution is 5.83. The summed E-state index contributed by atoms with van der Waals surface area (Å²) in [6, 6.07) is 7.72. The molecule has 1 aromatic carbocycles. The highest BCUT2D eigenvalue weighted by atomic mass is 16.3. The first kappa shape index (κ1) is 16.3. The maximum Gasteiger partial charge on any atom is 0.242 e. The van der Waals surface area contributed by atoms with Crippen LogP contribution < -0.4 is 5.32 Å². The minimum Gasteiger partial charge on any atom is -0.392 e. The van der Waals surface area contributed by atoms with Gasteiger partial charge in [0.1, 0.15) is 6.54 Å². The summed E-state index contributed by atoms with van der Waals surface area (Å²) in [7, 11) is 0. The largest absolute Gasteiger partial charge is 0.392 e. The van der Waals surface area contributed by atoms with E-state index >= 15 is 0 Å². The van der Waals surface area contributed by atoms with E-state index in [1.807, 2.05) is 42.7 Å². The molecule has 0 aliphatic carbocycles. The third-order valence-electron chi connectivity index (χ3n) is 3.62. The monoisotopic (exact) mass is 304 g/mol. The summed E-state index contributed by atoms with van der Waals surface area (Å²) in [6.07, 6.45) is -0.480. The van der Waals surface area contributed by atoms with Crippen LogP contribution in [0.4, 0.5) is 5.95 Å². The van der Waals surface area contributed by atoms with Crippen molar-refractivity contribution in [3.05, 3.63) is 24.3 Å². The molecular formula is C16H24N4O2. The summed E-state index contributed by atoms with van der Waals surface area (Å²) in [6.45, 7) is 7.67. The number of aromatic nitrogens is 2. The van der Waals surface area contributed by atoms with Crippen molar-refractivity contribution in [1.82, 2.24) is 14.5 Å². The standard InChI is InChI=1S/C16H24N4O2/c1-4-19(5-2)15(22)11-20-14-9-7-6-8-13(14)18-16(20)17-10-12(3)21/h6-9,12,21H,4-5,10-11H2,1-3H3,(H,17,18). The van der Waals surface area contributed by atoms with E-state index < -0.39 is 6.10 Å². The number of aliphatic hydroxyl groups is 1. The normalized spacial score (nSPS) is 12.4. The van der Waals surface area contributed by atoms with Gasteiger partial charge in [-0.3, -0.25) is 4.79 Å². The lowest BCUT2D eigenvalue weighted by Crippen LogP contribution is -2.33. The first-order chi connectivity index (χ1) is 10.6. The fourth-order valence-corrected chi connectivity index (χ4v) is 2.42. The van der Waals surface area contributed by atoms with Crippen LogP contribution >= 0.6 is 0 Å². The first-order valence-electron chi connectivity index (χ1n) is 7.71. The number of anilines is 1. The lowest BCUT2D eigenvalue weighted by Gasteiger charge is -2.20. The number of nitrogens with one attached hydrogen (secondary N) is 1. The number of imidazole rings is 1. The summed E-state index contributed by atoms with van der Waals surface area (Å²) >= 11 is 0. The molecular weight excluding hydrogens is 280 g/mol. The Morgan fingerprint density at radius 2 is 2.05 bits per heavy atom. The summed E-state index contributed by atoms with van der Waals surface area (Å²) in [5, 5.41) is 12.6. The van der Waals surface area contributed by atoms with Crippen molar-refractivity contribution in [2.24, 2.45) is 0 Å². The molecule has 1 amide bonds. The number of rotatable bonds is 7. The smallest absolute Gasteiger partial charge is 0.242 e. The van der Waals surface area contributed by atoms with Gasteiger partial charge in [-0.25, -0.2) is 4.98 Å². The second kappa shape index (κ2) is 7.26. The Morgan fingerprint density at radius 1 is 1.36 bits per heavy atom. The summed E-state index contributed by atoms with van der Waals surface area (Å²) in [4.78, 5) is 18.7. The summed E-state index contributed by atoms with van der Waals surface area (Å²) in [5.41, 5.74) is 1.75. The van der Waals surface area contributed by atoms with Gasteiger partial charge in [0.05, 0.1) is 17.1 Å². The van der Waals surface area contributed by atoms with Crippen molar-refractivity contribution in [2.45, 2.75) is 33.4 Å². The van der Waals surface area contributed by atoms with Crippen LogP contribution in [0.15, 0.2) is 24.3 Å². The lowest BCUT2D eigenvalue weighted by molar-refractivity contribution is -0.131. The van der Waals surface area contributed by atoms with Gasteiger partial charge in [-0.2, -0.15) is 0 Å². The van der Waals surface area contributed by atoms with Crippen molar-refractivity contribution in [1.29, 1.82) is 0 Å². The molecule has 0 saturated heterocycles. The first-order valence-corrected chi connectivity index (χ1v) is 7.71. The molecule has 2 N–H and O–H groups in total. The van der Waals surface area contributed by atoms with E-state index in [2.05, 4.69) is 10.3 Å². The van der Waals surface area contributed by atoms with E-state index in [9.17, 15) is 9.90 Å². The predicted molar refractivity (Wildman–Crippen MR) is 87.8 cm³/mol. The number of carbonyl (C=O) groups excluding carboxylic acids is 1. The van der Waals surface area contributed by atoms with Crippen molar-refractivity contribution < 1.29 is 9.90 Å². The van der Waals surface area contributed by atoms with Crippen LogP contribution in [0, 0.1) is 0 Å². The van der Waals surface area contributed by atoms with Crippen LogP contribution in [-0.2, 0) is 11.3 Å². The second-order valence-electron chi connectivity index (χ2n) is 5.31. The summed E-state index contributed by atoms with van der Waals surface area (Å²) < 4.78 is 1.87. The van der Waals surface area contributed by atoms with Gasteiger partial charge in [-0.05, 0) is 32.9 Å². The number of hydrogen-bond donors (Lipinski definition) is 2. The average molecular weight is 304 g/mol. The predicted octanol–water partition coefficient (Wildman–Crippen LogP) is 1.70. The van der Waals surface area contributed by atoms with Crippen LogP contribution in [0.25, 0.3) is 11.0 Å². The quantitative estimate of drug-likeness (QED) is 0.817. The molecule has 6 nitrogen and oxygen atoms in total. The molecule has 2 rings (SSSR count). The minimum atomic E-state index is -0.480. The van der Waals surface area contributed by atoms with Gasteiger partial charge < -0.3 is 19.9 Å². The van der Waals surface area contributed by atoms with Crippen molar-refractivity contribution in [3.8, 4) is 0 Å². The van der Waals surface area contributed by atoms with Crippen molar-refractivity contribution in [2.75, 3.05) is 25.0 Å². The van der Waals surface area contributed by atoms with Gasteiger partial charge in [0.2, 0.25) is 11.9 Å². The topological polar surface area (TPSA) is 70.4 Å². The molecule has 0 radical (unpaired) electrons. The van der Waals surface area contributed by atoms with E-state index in [4.69, 9.17) is 0 Å². The van der Waals surface area contributed by atoms with E-state index in [1.54, 1.807) is 11.8 Å². The highest BCUT2D eigenvalue weighted by Gasteiger charge is 2.16. The number of hydrogen-bond acceptors (Lipinski definition) is 4. The molecule has 0 saturated carbocycles. The second-order valence-corrected chi connectivity index (χ2v) is 5.31. The maximum atomic E-state index is 12.4. The van der Waals surface area contributed by atoms with Gasteiger partial charge >= 0.3 is 0 Å². The molecule has 0 fully saturated rings.